The van der Waals surface area contributed by atoms with Crippen molar-refractivity contribution in [3.8, 4) is 0 Å². The topological polar surface area (TPSA) is 58.6 Å². The summed E-state index contributed by atoms with van der Waals surface area (Å²) in [6.07, 6.45) is 1.40. The smallest absolute Gasteiger partial charge is 0.218 e. The Kier molecular flexibility index (Phi) is 71.6. The molecular formula is C17H40AgN2O3-2. The van der Waals surface area contributed by atoms with E-state index >= 15 is 0 Å². The van der Waals surface area contributed by atoms with Crippen molar-refractivity contribution in [3.63, 3.8) is 0 Å². The summed E-state index contributed by atoms with van der Waals surface area (Å²) >= 11 is 0. The van der Waals surface area contributed by atoms with Crippen LogP contribution in [-0.4, -0.2) is 44.0 Å². The molecule has 1 radical (unpaired) electrons. The molecule has 6 heteroatoms. The summed E-state index contributed by atoms with van der Waals surface area (Å²) < 4.78 is 5.07. The second-order valence-electron chi connectivity index (χ2n) is 3.38. The van der Waals surface area contributed by atoms with Gasteiger partial charge in [0.2, 0.25) is 5.91 Å². The zero-order valence-electron chi connectivity index (χ0n) is 16.7. The van der Waals surface area contributed by atoms with E-state index in [1.807, 2.05) is 34.6 Å². The number of carbonyl (C=O) groups excluding carboxylic acids is 2. The number of amides is 2. The average Bonchev–Trinajstić information content (AvgIpc) is 2.57. The van der Waals surface area contributed by atoms with Crippen LogP contribution in [0.2, 0.25) is 0 Å². The van der Waals surface area contributed by atoms with E-state index in [0.29, 0.717) is 13.0 Å². The second-order valence-corrected chi connectivity index (χ2v) is 3.38. The van der Waals surface area contributed by atoms with Gasteiger partial charge in [0, 0.05) is 56.4 Å². The maximum absolute atomic E-state index is 10.5. The van der Waals surface area contributed by atoms with Gasteiger partial charge in [-0.05, 0) is 6.42 Å². The van der Waals surface area contributed by atoms with Crippen molar-refractivity contribution in [2.45, 2.75) is 61.3 Å². The van der Waals surface area contributed by atoms with E-state index < -0.39 is 0 Å². The minimum atomic E-state index is -0.0731. The van der Waals surface area contributed by atoms with Crippen molar-refractivity contribution in [1.82, 2.24) is 10.2 Å². The van der Waals surface area contributed by atoms with Gasteiger partial charge in [0.05, 0.1) is 6.61 Å². The van der Waals surface area contributed by atoms with Crippen molar-refractivity contribution < 1.29 is 36.7 Å². The predicted octanol–water partition coefficient (Wildman–Crippen LogP) is 3.70. The first kappa shape index (κ1) is 38.3. The molecule has 149 valence electrons. The Labute approximate surface area is 161 Å². The van der Waals surface area contributed by atoms with Crippen molar-refractivity contribution in [2.75, 3.05) is 27.3 Å². The quantitative estimate of drug-likeness (QED) is 0.413. The first-order chi connectivity index (χ1) is 10.5. The van der Waals surface area contributed by atoms with Crippen LogP contribution >= 0.6 is 0 Å². The van der Waals surface area contributed by atoms with Gasteiger partial charge in [-0.15, -0.1) is 0 Å². The number of nitrogens with one attached hydrogen (secondary N) is 1. The summed E-state index contributed by atoms with van der Waals surface area (Å²) in [7, 11) is 6.68. The van der Waals surface area contributed by atoms with Crippen molar-refractivity contribution in [1.29, 1.82) is 0 Å². The molecule has 0 heterocycles. The van der Waals surface area contributed by atoms with Gasteiger partial charge in [-0.1, -0.05) is 34.6 Å². The Bertz CT molecular complexity index is 202. The number of carbonyl (C=O) groups is 2. The molecule has 0 aliphatic rings. The molecule has 1 N–H and O–H groups in total. The normalized spacial score (nSPS) is 6.91. The summed E-state index contributed by atoms with van der Waals surface area (Å²) in [5.41, 5.74) is 0. The van der Waals surface area contributed by atoms with E-state index in [2.05, 4.69) is 19.3 Å². The zero-order valence-corrected chi connectivity index (χ0v) is 18.2. The second kappa shape index (κ2) is 43.0. The fourth-order valence-corrected chi connectivity index (χ4v) is 0.500. The van der Waals surface area contributed by atoms with E-state index in [1.165, 1.54) is 11.8 Å². The maximum Gasteiger partial charge on any atom is 0.218 e. The van der Waals surface area contributed by atoms with Gasteiger partial charge in [0.25, 0.3) is 0 Å². The SMILES string of the molecule is CC.CC.CC(=O)N(C)C.[Ag].[CH2-]C.[CH2-]NC(=O)CCOCCC. The van der Waals surface area contributed by atoms with Crippen LogP contribution in [0.25, 0.3) is 0 Å². The van der Waals surface area contributed by atoms with E-state index in [4.69, 9.17) is 4.74 Å². The molecule has 23 heavy (non-hydrogen) atoms. The van der Waals surface area contributed by atoms with Crippen molar-refractivity contribution in [2.24, 2.45) is 0 Å². The monoisotopic (exact) mass is 427 g/mol. The third-order valence-electron chi connectivity index (χ3n) is 1.65. The molecule has 0 bridgehead atoms. The molecule has 2 amide bonds. The Hall–Kier alpha value is -0.360. The molecule has 0 rings (SSSR count). The summed E-state index contributed by atoms with van der Waals surface area (Å²) in [5.74, 6) is 0.0195. The first-order valence-electron chi connectivity index (χ1n) is 7.97. The first-order valence-corrected chi connectivity index (χ1v) is 7.97. The minimum Gasteiger partial charge on any atom is -0.508 e. The van der Waals surface area contributed by atoms with Crippen LogP contribution in [0, 0.1) is 14.0 Å². The third-order valence-corrected chi connectivity index (χ3v) is 1.65. The molecule has 0 aliphatic carbocycles. The van der Waals surface area contributed by atoms with Crippen LogP contribution in [0.3, 0.4) is 0 Å². The Morgan fingerprint density at radius 1 is 1.04 bits per heavy atom. The van der Waals surface area contributed by atoms with Gasteiger partial charge in [-0.25, -0.2) is 0 Å². The molecule has 0 aliphatic heterocycles. The van der Waals surface area contributed by atoms with E-state index in [9.17, 15) is 9.59 Å². The molecule has 0 aromatic heterocycles. The van der Waals surface area contributed by atoms with Crippen LogP contribution < -0.4 is 5.32 Å². The van der Waals surface area contributed by atoms with Crippen LogP contribution in [0.15, 0.2) is 0 Å². The molecule has 0 aromatic carbocycles. The van der Waals surface area contributed by atoms with Gasteiger partial charge >= 0.3 is 0 Å². The van der Waals surface area contributed by atoms with Gasteiger partial charge in [0.1, 0.15) is 0 Å². The Morgan fingerprint density at radius 3 is 1.61 bits per heavy atom. The third kappa shape index (κ3) is 61.6. The average molecular weight is 428 g/mol. The van der Waals surface area contributed by atoms with Crippen LogP contribution in [-0.2, 0) is 36.7 Å². The molecule has 0 saturated carbocycles. The van der Waals surface area contributed by atoms with Gasteiger partial charge < -0.3 is 21.9 Å². The van der Waals surface area contributed by atoms with Crippen LogP contribution in [0.5, 0.6) is 0 Å². The molecule has 0 fully saturated rings. The number of hydrogen-bond donors (Lipinski definition) is 1. The number of ether oxygens (including phenoxy) is 1. The number of nitrogens with zero attached hydrogens (tertiary/aromatic N) is 1. The molecule has 0 spiro atoms. The molecular weight excluding hydrogens is 388 g/mol. The Morgan fingerprint density at radius 2 is 1.39 bits per heavy atom. The maximum atomic E-state index is 10.5. The summed E-state index contributed by atoms with van der Waals surface area (Å²) in [6.45, 7) is 17.8. The molecule has 5 nitrogen and oxygen atoms in total. The molecule has 0 saturated heterocycles. The zero-order chi connectivity index (χ0) is 19.0. The summed E-state index contributed by atoms with van der Waals surface area (Å²) in [4.78, 5) is 22.1. The molecule has 0 unspecified atom stereocenters. The fourth-order valence-electron chi connectivity index (χ4n) is 0.500. The van der Waals surface area contributed by atoms with E-state index in [-0.39, 0.29) is 34.2 Å². The van der Waals surface area contributed by atoms with Gasteiger partial charge in [-0.3, -0.25) is 16.6 Å². The largest absolute Gasteiger partial charge is 0.508 e. The van der Waals surface area contributed by atoms with Gasteiger partial charge in [0.15, 0.2) is 5.91 Å². The molecule has 0 atom stereocenters. The predicted molar refractivity (Wildman–Crippen MR) is 97.3 cm³/mol. The Balaban J connectivity index is -0.0000000480. The minimum absolute atomic E-state index is 0. The standard InChI is InChI=1S/C7H14NO2.C4H9NO.2C2H6.C2H5.Ag/c1-3-5-10-6-4-7(9)8-2;1-4(6)5(2)3;3*1-2;/h2-6H2,1H3,(H,8,9);1-3H3;2*1-2H3;1H2,2H3;/q-1;;;;-1;. The van der Waals surface area contributed by atoms with Crippen molar-refractivity contribution in [3.05, 3.63) is 14.0 Å². The summed E-state index contributed by atoms with van der Waals surface area (Å²) in [6, 6.07) is 0. The number of hydrogen-bond acceptors (Lipinski definition) is 3. The van der Waals surface area contributed by atoms with E-state index in [0.717, 1.165) is 13.0 Å². The van der Waals surface area contributed by atoms with Crippen LogP contribution in [0.1, 0.15) is 61.3 Å². The molecule has 0 aromatic rings. The fraction of sp³-hybridized carbons (Fsp3) is 0.765. The van der Waals surface area contributed by atoms with E-state index in [1.54, 1.807) is 21.0 Å². The van der Waals surface area contributed by atoms with Crippen LogP contribution in [0.4, 0.5) is 0 Å². The van der Waals surface area contributed by atoms with Crippen molar-refractivity contribution >= 4 is 11.8 Å². The summed E-state index contributed by atoms with van der Waals surface area (Å²) in [5, 5.41) is 2.27. The number of rotatable bonds is 5. The van der Waals surface area contributed by atoms with Gasteiger partial charge in [-0.2, -0.15) is 6.92 Å².